The first kappa shape index (κ1) is 17.1. The lowest BCUT2D eigenvalue weighted by atomic mass is 10.1. The molecule has 0 aliphatic carbocycles. The van der Waals surface area contributed by atoms with Crippen LogP contribution in [0.3, 0.4) is 0 Å². The van der Waals surface area contributed by atoms with Crippen LogP contribution in [0.1, 0.15) is 5.56 Å². The van der Waals surface area contributed by atoms with E-state index in [2.05, 4.69) is 22.1 Å². The topological polar surface area (TPSA) is 89.9 Å². The van der Waals surface area contributed by atoms with Crippen LogP contribution in [0, 0.1) is 0 Å². The zero-order chi connectivity index (χ0) is 18.6. The molecule has 4 rings (SSSR count). The molecule has 2 aromatic carbocycles. The van der Waals surface area contributed by atoms with Crippen molar-refractivity contribution >= 4 is 16.6 Å². The van der Waals surface area contributed by atoms with Crippen molar-refractivity contribution in [3.05, 3.63) is 78.8 Å². The molecule has 0 aliphatic rings. The average Bonchev–Trinajstić information content (AvgIpc) is 3.10. The molecule has 0 unspecified atom stereocenters. The highest BCUT2D eigenvalue weighted by molar-refractivity contribution is 5.83. The highest BCUT2D eigenvalue weighted by Gasteiger charge is 2.10. The van der Waals surface area contributed by atoms with Crippen molar-refractivity contribution in [2.24, 2.45) is 5.73 Å². The molecule has 136 valence electrons. The van der Waals surface area contributed by atoms with Gasteiger partial charge in [0.1, 0.15) is 12.4 Å². The van der Waals surface area contributed by atoms with Crippen LogP contribution in [0.15, 0.2) is 73.2 Å². The van der Waals surface area contributed by atoms with Gasteiger partial charge in [0.05, 0.1) is 6.20 Å². The number of nitrogen functional groups attached to an aromatic ring is 1. The van der Waals surface area contributed by atoms with E-state index in [0.717, 1.165) is 28.8 Å². The van der Waals surface area contributed by atoms with Gasteiger partial charge >= 0.3 is 0 Å². The second-order valence-electron chi connectivity index (χ2n) is 6.67. The Morgan fingerprint density at radius 1 is 1.00 bits per heavy atom. The summed E-state index contributed by atoms with van der Waals surface area (Å²) >= 11 is 0. The predicted octanol–water partition coefficient (Wildman–Crippen LogP) is 3.76. The number of fused-ring (bicyclic) bond motifs is 1. The number of nitrogens with one attached hydrogen (secondary N) is 1. The van der Waals surface area contributed by atoms with Crippen LogP contribution in [-0.2, 0) is 6.42 Å². The zero-order valence-electron chi connectivity index (χ0n) is 14.9. The van der Waals surface area contributed by atoms with Crippen LogP contribution < -0.4 is 16.2 Å². The van der Waals surface area contributed by atoms with Crippen LogP contribution in [0.25, 0.3) is 22.0 Å². The first-order chi connectivity index (χ1) is 13.2. The van der Waals surface area contributed by atoms with Crippen LogP contribution in [-0.4, -0.2) is 22.6 Å². The molecule has 4 aromatic rings. The van der Waals surface area contributed by atoms with E-state index in [4.69, 9.17) is 16.2 Å². The number of anilines is 1. The van der Waals surface area contributed by atoms with Gasteiger partial charge in [0.2, 0.25) is 0 Å². The molecule has 0 fully saturated rings. The summed E-state index contributed by atoms with van der Waals surface area (Å²) in [5.41, 5.74) is 17.1. The number of pyridine rings is 1. The number of H-pyrrole nitrogens is 1. The van der Waals surface area contributed by atoms with Gasteiger partial charge in [-0.2, -0.15) is 0 Å². The molecule has 0 aliphatic heterocycles. The lowest BCUT2D eigenvalue weighted by Crippen LogP contribution is -2.30. The maximum Gasteiger partial charge on any atom is 0.138 e. The van der Waals surface area contributed by atoms with E-state index in [1.165, 1.54) is 10.9 Å². The van der Waals surface area contributed by atoms with Crippen molar-refractivity contribution in [1.82, 2.24) is 9.97 Å². The van der Waals surface area contributed by atoms with Gasteiger partial charge in [-0.25, -0.2) is 0 Å². The van der Waals surface area contributed by atoms with Gasteiger partial charge in [-0.05, 0) is 41.8 Å². The predicted molar refractivity (Wildman–Crippen MR) is 110 cm³/mol. The molecule has 0 saturated heterocycles. The fraction of sp³-hybridized carbons (Fsp3) is 0.136. The molecular weight excluding hydrogens is 336 g/mol. The maximum atomic E-state index is 6.30. The van der Waals surface area contributed by atoms with Crippen molar-refractivity contribution < 1.29 is 4.74 Å². The van der Waals surface area contributed by atoms with Gasteiger partial charge in [0.15, 0.2) is 0 Å². The van der Waals surface area contributed by atoms with Crippen LogP contribution in [0.4, 0.5) is 5.69 Å². The number of rotatable bonds is 6. The summed E-state index contributed by atoms with van der Waals surface area (Å²) in [6.07, 6.45) is 6.28. The van der Waals surface area contributed by atoms with Gasteiger partial charge in [-0.1, -0.05) is 30.3 Å². The smallest absolute Gasteiger partial charge is 0.138 e. The maximum absolute atomic E-state index is 6.30. The Labute approximate surface area is 158 Å². The van der Waals surface area contributed by atoms with E-state index in [1.807, 2.05) is 54.9 Å². The van der Waals surface area contributed by atoms with Crippen LogP contribution >= 0.6 is 0 Å². The van der Waals surface area contributed by atoms with Gasteiger partial charge < -0.3 is 21.2 Å². The molecule has 0 spiro atoms. The van der Waals surface area contributed by atoms with Gasteiger partial charge in [-0.3, -0.25) is 4.98 Å². The molecule has 5 heteroatoms. The van der Waals surface area contributed by atoms with Gasteiger partial charge in [0.25, 0.3) is 0 Å². The van der Waals surface area contributed by atoms with Gasteiger partial charge in [0, 0.05) is 40.6 Å². The Hall–Kier alpha value is -3.31. The Balaban J connectivity index is 1.41. The molecule has 0 saturated carbocycles. The number of aromatic amines is 1. The minimum absolute atomic E-state index is 0.107. The van der Waals surface area contributed by atoms with Crippen molar-refractivity contribution in [3.63, 3.8) is 0 Å². The van der Waals surface area contributed by atoms with Crippen molar-refractivity contribution in [1.29, 1.82) is 0 Å². The van der Waals surface area contributed by atoms with E-state index < -0.39 is 0 Å². The Kier molecular flexibility index (Phi) is 4.77. The normalized spacial score (nSPS) is 12.2. The number of nitrogens with two attached hydrogens (primary N) is 2. The first-order valence-electron chi connectivity index (χ1n) is 8.93. The first-order valence-corrected chi connectivity index (χ1v) is 8.93. The molecule has 0 radical (unpaired) electrons. The molecule has 5 nitrogen and oxygen atoms in total. The highest BCUT2D eigenvalue weighted by atomic mass is 16.5. The number of nitrogens with zero attached hydrogens (tertiary/aromatic N) is 1. The van der Waals surface area contributed by atoms with Crippen molar-refractivity contribution in [2.75, 3.05) is 12.3 Å². The minimum atomic E-state index is -0.107. The largest absolute Gasteiger partial charge is 0.490 e. The monoisotopic (exact) mass is 358 g/mol. The molecule has 2 aromatic heterocycles. The summed E-state index contributed by atoms with van der Waals surface area (Å²) in [4.78, 5) is 7.56. The third-order valence-electron chi connectivity index (χ3n) is 4.58. The van der Waals surface area contributed by atoms with Crippen LogP contribution in [0.5, 0.6) is 5.75 Å². The summed E-state index contributed by atoms with van der Waals surface area (Å²) in [5, 5.41) is 1.21. The van der Waals surface area contributed by atoms with Crippen molar-refractivity contribution in [2.45, 2.75) is 12.5 Å². The SMILES string of the molecule is Nc1ccc(-c2cncc(OC[C@H](N)Cc3c[nH]c4ccccc34)c2)cc1. The van der Waals surface area contributed by atoms with E-state index >= 15 is 0 Å². The summed E-state index contributed by atoms with van der Waals surface area (Å²) in [7, 11) is 0. The second kappa shape index (κ2) is 7.51. The molecule has 5 N–H and O–H groups in total. The summed E-state index contributed by atoms with van der Waals surface area (Å²) in [5.74, 6) is 0.707. The zero-order valence-corrected chi connectivity index (χ0v) is 14.9. The summed E-state index contributed by atoms with van der Waals surface area (Å²) in [6.45, 7) is 0.423. The third-order valence-corrected chi connectivity index (χ3v) is 4.58. The molecular formula is C22H22N4O. The van der Waals surface area contributed by atoms with E-state index in [-0.39, 0.29) is 6.04 Å². The average molecular weight is 358 g/mol. The number of aromatic nitrogens is 2. The van der Waals surface area contributed by atoms with E-state index in [1.54, 1.807) is 6.20 Å². The third kappa shape index (κ3) is 3.93. The van der Waals surface area contributed by atoms with Crippen LogP contribution in [0.2, 0.25) is 0 Å². The Morgan fingerprint density at radius 3 is 2.67 bits per heavy atom. The number of ether oxygens (including phenoxy) is 1. The molecule has 1 atom stereocenters. The number of para-hydroxylation sites is 1. The lowest BCUT2D eigenvalue weighted by Gasteiger charge is -2.13. The number of hydrogen-bond acceptors (Lipinski definition) is 4. The molecule has 2 heterocycles. The fourth-order valence-corrected chi connectivity index (χ4v) is 3.18. The Morgan fingerprint density at radius 2 is 1.81 bits per heavy atom. The fourth-order valence-electron chi connectivity index (χ4n) is 3.18. The molecule has 0 amide bonds. The second-order valence-corrected chi connectivity index (χ2v) is 6.67. The Bertz CT molecular complexity index is 1040. The van der Waals surface area contributed by atoms with Gasteiger partial charge in [-0.15, -0.1) is 0 Å². The summed E-state index contributed by atoms with van der Waals surface area (Å²) < 4.78 is 5.89. The molecule has 0 bridgehead atoms. The highest BCUT2D eigenvalue weighted by Crippen LogP contribution is 2.24. The number of hydrogen-bond donors (Lipinski definition) is 3. The summed E-state index contributed by atoms with van der Waals surface area (Å²) in [6, 6.07) is 17.8. The van der Waals surface area contributed by atoms with E-state index in [9.17, 15) is 0 Å². The number of benzene rings is 2. The standard InChI is InChI=1S/C22H22N4O/c23-18-7-5-15(6-8-18)16-10-20(13-25-11-16)27-14-19(24)9-17-12-26-22-4-2-1-3-21(17)22/h1-8,10-13,19,26H,9,14,23-24H2/t19-/m1/s1. The quantitative estimate of drug-likeness (QED) is 0.458. The minimum Gasteiger partial charge on any atom is -0.490 e. The van der Waals surface area contributed by atoms with Crippen molar-refractivity contribution in [3.8, 4) is 16.9 Å². The van der Waals surface area contributed by atoms with E-state index in [0.29, 0.717) is 12.4 Å². The lowest BCUT2D eigenvalue weighted by molar-refractivity contribution is 0.287. The molecule has 27 heavy (non-hydrogen) atoms.